The van der Waals surface area contributed by atoms with Crippen LogP contribution < -0.4 is 5.32 Å². The summed E-state index contributed by atoms with van der Waals surface area (Å²) in [5.74, 6) is 0. The van der Waals surface area contributed by atoms with Gasteiger partial charge in [0.15, 0.2) is 0 Å². The Bertz CT molecular complexity index is 532. The molecule has 108 valence electrons. The number of rotatable bonds is 7. The van der Waals surface area contributed by atoms with Crippen LogP contribution in [-0.4, -0.2) is 36.4 Å². The second-order valence-corrected chi connectivity index (χ2v) is 6.89. The van der Waals surface area contributed by atoms with Crippen molar-refractivity contribution in [1.29, 1.82) is 0 Å². The molecule has 1 heterocycles. The van der Waals surface area contributed by atoms with E-state index in [1.807, 2.05) is 25.5 Å². The maximum Gasteiger partial charge on any atom is 0.244 e. The summed E-state index contributed by atoms with van der Waals surface area (Å²) in [5, 5.41) is 3.22. The Hall–Kier alpha value is -0.850. The first-order valence-electron chi connectivity index (χ1n) is 6.88. The van der Waals surface area contributed by atoms with Gasteiger partial charge < -0.3 is 9.88 Å². The first-order chi connectivity index (χ1) is 9.00. The molecule has 1 fully saturated rings. The van der Waals surface area contributed by atoms with Crippen LogP contribution in [0.5, 0.6) is 0 Å². The largest absolute Gasteiger partial charge is 0.352 e. The third-order valence-electron chi connectivity index (χ3n) is 3.51. The molecule has 1 saturated carbocycles. The Balaban J connectivity index is 2.24. The Morgan fingerprint density at radius 3 is 2.63 bits per heavy atom. The number of nitrogens with one attached hydrogen (secondary N) is 1. The molecule has 19 heavy (non-hydrogen) atoms. The molecule has 5 nitrogen and oxygen atoms in total. The standard InChI is InChI=1S/C13H23N3O2S/c1-4-14-9-12-8-13(10-15(12)3)19(17,18)16(5-2)11-6-7-11/h8,10-11,14H,4-7,9H2,1-3H3. The molecule has 1 aromatic rings. The number of aryl methyl sites for hydroxylation is 1. The van der Waals surface area contributed by atoms with Gasteiger partial charge in [-0.05, 0) is 25.5 Å². The van der Waals surface area contributed by atoms with Crippen LogP contribution in [0.15, 0.2) is 17.2 Å². The monoisotopic (exact) mass is 285 g/mol. The van der Waals surface area contributed by atoms with Crippen LogP contribution in [0.1, 0.15) is 32.4 Å². The molecule has 0 atom stereocenters. The third kappa shape index (κ3) is 3.01. The van der Waals surface area contributed by atoms with Crippen molar-refractivity contribution in [2.24, 2.45) is 7.05 Å². The molecule has 1 N–H and O–H groups in total. The number of nitrogens with zero attached hydrogens (tertiary/aromatic N) is 2. The number of sulfonamides is 1. The quantitative estimate of drug-likeness (QED) is 0.822. The van der Waals surface area contributed by atoms with E-state index in [4.69, 9.17) is 0 Å². The predicted octanol–water partition coefficient (Wildman–Crippen LogP) is 1.31. The lowest BCUT2D eigenvalue weighted by molar-refractivity contribution is 0.421. The lowest BCUT2D eigenvalue weighted by Gasteiger charge is -2.18. The third-order valence-corrected chi connectivity index (χ3v) is 5.50. The fraction of sp³-hybridized carbons (Fsp3) is 0.692. The highest BCUT2D eigenvalue weighted by Crippen LogP contribution is 2.32. The molecule has 0 amide bonds. The summed E-state index contributed by atoms with van der Waals surface area (Å²) in [6, 6.07) is 2.00. The summed E-state index contributed by atoms with van der Waals surface area (Å²) < 4.78 is 28.7. The topological polar surface area (TPSA) is 54.3 Å². The first-order valence-corrected chi connectivity index (χ1v) is 8.32. The normalized spacial score (nSPS) is 16.2. The van der Waals surface area contributed by atoms with E-state index in [0.29, 0.717) is 18.0 Å². The number of hydrogen-bond acceptors (Lipinski definition) is 3. The fourth-order valence-electron chi connectivity index (χ4n) is 2.27. The van der Waals surface area contributed by atoms with Gasteiger partial charge in [-0.3, -0.25) is 0 Å². The molecule has 0 radical (unpaired) electrons. The van der Waals surface area contributed by atoms with Gasteiger partial charge in [0.05, 0.1) is 0 Å². The molecule has 1 aliphatic carbocycles. The van der Waals surface area contributed by atoms with Crippen molar-refractivity contribution in [2.75, 3.05) is 13.1 Å². The van der Waals surface area contributed by atoms with E-state index >= 15 is 0 Å². The van der Waals surface area contributed by atoms with Crippen molar-refractivity contribution in [3.63, 3.8) is 0 Å². The molecule has 1 aromatic heterocycles. The Morgan fingerprint density at radius 1 is 1.42 bits per heavy atom. The Kier molecular flexibility index (Phi) is 4.32. The van der Waals surface area contributed by atoms with Crippen molar-refractivity contribution < 1.29 is 8.42 Å². The highest BCUT2D eigenvalue weighted by molar-refractivity contribution is 7.89. The minimum atomic E-state index is -3.33. The molecule has 0 aromatic carbocycles. The van der Waals surface area contributed by atoms with Crippen LogP contribution in [0.3, 0.4) is 0 Å². The van der Waals surface area contributed by atoms with Crippen LogP contribution in [0.2, 0.25) is 0 Å². The minimum Gasteiger partial charge on any atom is -0.352 e. The predicted molar refractivity (Wildman–Crippen MR) is 75.4 cm³/mol. The summed E-state index contributed by atoms with van der Waals surface area (Å²) in [6.45, 7) is 6.05. The minimum absolute atomic E-state index is 0.215. The number of hydrogen-bond donors (Lipinski definition) is 1. The Morgan fingerprint density at radius 2 is 2.11 bits per heavy atom. The van der Waals surface area contributed by atoms with Crippen molar-refractivity contribution in [3.8, 4) is 0 Å². The molecule has 6 heteroatoms. The van der Waals surface area contributed by atoms with Crippen molar-refractivity contribution in [1.82, 2.24) is 14.2 Å². The molecule has 0 unspecified atom stereocenters. The molecule has 0 bridgehead atoms. The smallest absolute Gasteiger partial charge is 0.244 e. The van der Waals surface area contributed by atoms with E-state index in [1.54, 1.807) is 16.6 Å². The van der Waals surface area contributed by atoms with E-state index in [2.05, 4.69) is 5.32 Å². The van der Waals surface area contributed by atoms with E-state index < -0.39 is 10.0 Å². The molecule has 0 aliphatic heterocycles. The zero-order valence-corrected chi connectivity index (χ0v) is 12.7. The van der Waals surface area contributed by atoms with Crippen molar-refractivity contribution >= 4 is 10.0 Å². The molecule has 2 rings (SSSR count). The van der Waals surface area contributed by atoms with Crippen LogP contribution in [0.25, 0.3) is 0 Å². The van der Waals surface area contributed by atoms with Gasteiger partial charge >= 0.3 is 0 Å². The molecular formula is C13H23N3O2S. The van der Waals surface area contributed by atoms with Gasteiger partial charge in [0.25, 0.3) is 0 Å². The zero-order chi connectivity index (χ0) is 14.0. The second-order valence-electron chi connectivity index (χ2n) is 5.00. The van der Waals surface area contributed by atoms with Crippen LogP contribution >= 0.6 is 0 Å². The lowest BCUT2D eigenvalue weighted by atomic mass is 10.4. The summed E-state index contributed by atoms with van der Waals surface area (Å²) in [4.78, 5) is 0.414. The zero-order valence-electron chi connectivity index (χ0n) is 11.9. The summed E-state index contributed by atoms with van der Waals surface area (Å²) in [7, 11) is -1.44. The average Bonchev–Trinajstić information content (AvgIpc) is 3.10. The molecule has 0 saturated heterocycles. The summed E-state index contributed by atoms with van der Waals surface area (Å²) in [5.41, 5.74) is 0.993. The molecule has 1 aliphatic rings. The van der Waals surface area contributed by atoms with E-state index in [9.17, 15) is 8.42 Å². The van der Waals surface area contributed by atoms with Crippen LogP contribution in [-0.2, 0) is 23.6 Å². The van der Waals surface area contributed by atoms with E-state index in [-0.39, 0.29) is 6.04 Å². The lowest BCUT2D eigenvalue weighted by Crippen LogP contribution is -2.32. The Labute approximate surface area is 115 Å². The SMILES string of the molecule is CCNCc1cc(S(=O)(=O)N(CC)C2CC2)cn1C. The summed E-state index contributed by atoms with van der Waals surface area (Å²) >= 11 is 0. The maximum atomic E-state index is 12.6. The highest BCUT2D eigenvalue weighted by Gasteiger charge is 2.37. The average molecular weight is 285 g/mol. The fourth-order valence-corrected chi connectivity index (χ4v) is 4.06. The van der Waals surface area contributed by atoms with Gasteiger partial charge in [-0.2, -0.15) is 4.31 Å². The molecule has 0 spiro atoms. The maximum absolute atomic E-state index is 12.6. The van der Waals surface area contributed by atoms with E-state index in [1.165, 1.54) is 0 Å². The van der Waals surface area contributed by atoms with Gasteiger partial charge in [-0.1, -0.05) is 13.8 Å². The highest BCUT2D eigenvalue weighted by atomic mass is 32.2. The van der Waals surface area contributed by atoms with Crippen molar-refractivity contribution in [2.45, 2.75) is 44.2 Å². The van der Waals surface area contributed by atoms with Crippen molar-refractivity contribution in [3.05, 3.63) is 18.0 Å². The van der Waals surface area contributed by atoms with Gasteiger partial charge in [-0.15, -0.1) is 0 Å². The number of aromatic nitrogens is 1. The first kappa shape index (κ1) is 14.6. The van der Waals surface area contributed by atoms with Crippen LogP contribution in [0.4, 0.5) is 0 Å². The van der Waals surface area contributed by atoms with Gasteiger partial charge in [0.2, 0.25) is 10.0 Å². The van der Waals surface area contributed by atoms with Gasteiger partial charge in [0.1, 0.15) is 4.90 Å². The van der Waals surface area contributed by atoms with Gasteiger partial charge in [-0.25, -0.2) is 8.42 Å². The molecular weight excluding hydrogens is 262 g/mol. The van der Waals surface area contributed by atoms with E-state index in [0.717, 1.165) is 25.1 Å². The van der Waals surface area contributed by atoms with Gasteiger partial charge in [0, 0.05) is 38.1 Å². The van der Waals surface area contributed by atoms with Crippen LogP contribution in [0, 0.1) is 0 Å². The second kappa shape index (κ2) is 5.64. The summed E-state index contributed by atoms with van der Waals surface area (Å²) in [6.07, 6.45) is 3.70.